The summed E-state index contributed by atoms with van der Waals surface area (Å²) in [5, 5.41) is 18.7. The molecule has 0 amide bonds. The molecule has 1 aromatic heterocycles. The Labute approximate surface area is 107 Å². The minimum absolute atomic E-state index is 0.115. The minimum Gasteiger partial charge on any atom is -0.396 e. The number of nitrogens with zero attached hydrogens (tertiary/aromatic N) is 3. The highest BCUT2D eigenvalue weighted by Crippen LogP contribution is 2.29. The summed E-state index contributed by atoms with van der Waals surface area (Å²) >= 11 is 0. The molecule has 0 spiro atoms. The van der Waals surface area contributed by atoms with Crippen molar-refractivity contribution in [2.45, 2.75) is 20.8 Å². The van der Waals surface area contributed by atoms with E-state index in [1.807, 2.05) is 20.8 Å². The molecule has 0 aliphatic carbocycles. The van der Waals surface area contributed by atoms with Gasteiger partial charge in [-0.2, -0.15) is 0 Å². The zero-order valence-corrected chi connectivity index (χ0v) is 11.2. The van der Waals surface area contributed by atoms with Crippen LogP contribution in [0.3, 0.4) is 0 Å². The number of hydrogen-bond acceptors (Lipinski definition) is 5. The molecule has 2 heterocycles. The lowest BCUT2D eigenvalue weighted by molar-refractivity contribution is 0.152. The molecular weight excluding hydrogens is 230 g/mol. The van der Waals surface area contributed by atoms with E-state index in [9.17, 15) is 10.2 Å². The fourth-order valence-electron chi connectivity index (χ4n) is 2.58. The number of aryl methyl sites for hydroxylation is 2. The van der Waals surface area contributed by atoms with Gasteiger partial charge in [0.2, 0.25) is 0 Å². The fraction of sp³-hybridized carbons (Fsp3) is 0.692. The predicted molar refractivity (Wildman–Crippen MR) is 69.6 cm³/mol. The van der Waals surface area contributed by atoms with Gasteiger partial charge in [0, 0.05) is 49.4 Å². The van der Waals surface area contributed by atoms with Gasteiger partial charge in [-0.25, -0.2) is 9.97 Å². The third-order valence-electron chi connectivity index (χ3n) is 3.82. The van der Waals surface area contributed by atoms with Crippen molar-refractivity contribution < 1.29 is 10.2 Å². The molecular formula is C13H21N3O2. The molecule has 1 aromatic rings. The van der Waals surface area contributed by atoms with Crippen LogP contribution in [0, 0.1) is 32.6 Å². The summed E-state index contributed by atoms with van der Waals surface area (Å²) in [6.45, 7) is 7.62. The lowest BCUT2D eigenvalue weighted by atomic mass is 9.98. The molecule has 1 aliphatic rings. The van der Waals surface area contributed by atoms with Crippen molar-refractivity contribution in [3.63, 3.8) is 0 Å². The van der Waals surface area contributed by atoms with Gasteiger partial charge in [0.1, 0.15) is 11.6 Å². The number of aliphatic hydroxyl groups is 2. The van der Waals surface area contributed by atoms with E-state index in [0.717, 1.165) is 36.0 Å². The maximum absolute atomic E-state index is 9.34. The molecule has 1 fully saturated rings. The third-order valence-corrected chi connectivity index (χ3v) is 3.82. The second-order valence-corrected chi connectivity index (χ2v) is 5.10. The zero-order chi connectivity index (χ0) is 13.3. The molecule has 0 aromatic carbocycles. The quantitative estimate of drug-likeness (QED) is 0.815. The predicted octanol–water partition coefficient (Wildman–Crippen LogP) is 0.439. The molecule has 1 saturated heterocycles. The van der Waals surface area contributed by atoms with Crippen molar-refractivity contribution in [1.29, 1.82) is 0 Å². The van der Waals surface area contributed by atoms with Gasteiger partial charge in [0.15, 0.2) is 0 Å². The van der Waals surface area contributed by atoms with Crippen molar-refractivity contribution in [2.75, 3.05) is 31.2 Å². The van der Waals surface area contributed by atoms with Gasteiger partial charge in [0.05, 0.1) is 0 Å². The summed E-state index contributed by atoms with van der Waals surface area (Å²) in [5.41, 5.74) is 2.07. The highest BCUT2D eigenvalue weighted by atomic mass is 16.3. The first-order valence-corrected chi connectivity index (χ1v) is 6.35. The van der Waals surface area contributed by atoms with E-state index in [0.29, 0.717) is 0 Å². The summed E-state index contributed by atoms with van der Waals surface area (Å²) in [7, 11) is 0. The van der Waals surface area contributed by atoms with Crippen LogP contribution < -0.4 is 4.90 Å². The van der Waals surface area contributed by atoms with Crippen molar-refractivity contribution >= 4 is 5.82 Å². The first kappa shape index (κ1) is 13.2. The Morgan fingerprint density at radius 1 is 1.06 bits per heavy atom. The smallest absolute Gasteiger partial charge is 0.135 e. The van der Waals surface area contributed by atoms with Crippen LogP contribution in [0.5, 0.6) is 0 Å². The van der Waals surface area contributed by atoms with Crippen molar-refractivity contribution in [1.82, 2.24) is 9.97 Å². The average molecular weight is 251 g/mol. The van der Waals surface area contributed by atoms with E-state index in [4.69, 9.17) is 0 Å². The molecule has 0 unspecified atom stereocenters. The van der Waals surface area contributed by atoms with Crippen LogP contribution in [0.2, 0.25) is 0 Å². The van der Waals surface area contributed by atoms with Crippen LogP contribution in [0.15, 0.2) is 0 Å². The zero-order valence-electron chi connectivity index (χ0n) is 11.2. The Morgan fingerprint density at radius 3 is 2.11 bits per heavy atom. The molecule has 18 heavy (non-hydrogen) atoms. The van der Waals surface area contributed by atoms with Crippen LogP contribution in [0.4, 0.5) is 5.82 Å². The largest absolute Gasteiger partial charge is 0.396 e. The maximum atomic E-state index is 9.34. The summed E-state index contributed by atoms with van der Waals surface area (Å²) in [6, 6.07) is 0. The second-order valence-electron chi connectivity index (χ2n) is 5.10. The summed E-state index contributed by atoms with van der Waals surface area (Å²) < 4.78 is 0. The van der Waals surface area contributed by atoms with Gasteiger partial charge in [-0.3, -0.25) is 0 Å². The standard InChI is InChI=1S/C13H21N3O2/c1-8-9(2)14-10(3)15-13(8)16-4-11(6-17)12(5-16)7-18/h11-12,17-18H,4-7H2,1-3H3/t11-,12-/m0/s1. The molecule has 5 heteroatoms. The molecule has 0 radical (unpaired) electrons. The normalized spacial score (nSPS) is 23.7. The van der Waals surface area contributed by atoms with Crippen LogP contribution in [-0.2, 0) is 0 Å². The van der Waals surface area contributed by atoms with Gasteiger partial charge in [-0.1, -0.05) is 0 Å². The Morgan fingerprint density at radius 2 is 1.61 bits per heavy atom. The summed E-state index contributed by atoms with van der Waals surface area (Å²) in [5.74, 6) is 1.96. The van der Waals surface area contributed by atoms with E-state index in [2.05, 4.69) is 14.9 Å². The van der Waals surface area contributed by atoms with Crippen molar-refractivity contribution in [3.05, 3.63) is 17.1 Å². The minimum atomic E-state index is 0.115. The Kier molecular flexibility index (Phi) is 3.82. The molecule has 5 nitrogen and oxygen atoms in total. The van der Waals surface area contributed by atoms with Crippen LogP contribution >= 0.6 is 0 Å². The topological polar surface area (TPSA) is 69.5 Å². The Hall–Kier alpha value is -1.20. The van der Waals surface area contributed by atoms with E-state index < -0.39 is 0 Å². The Bertz CT molecular complexity index is 424. The van der Waals surface area contributed by atoms with E-state index in [1.165, 1.54) is 0 Å². The van der Waals surface area contributed by atoms with Gasteiger partial charge in [-0.15, -0.1) is 0 Å². The average Bonchev–Trinajstić information content (AvgIpc) is 2.76. The van der Waals surface area contributed by atoms with E-state index in [1.54, 1.807) is 0 Å². The van der Waals surface area contributed by atoms with Crippen LogP contribution in [0.25, 0.3) is 0 Å². The van der Waals surface area contributed by atoms with Gasteiger partial charge in [-0.05, 0) is 20.8 Å². The third kappa shape index (κ3) is 2.33. The maximum Gasteiger partial charge on any atom is 0.135 e. The van der Waals surface area contributed by atoms with Gasteiger partial charge < -0.3 is 15.1 Å². The molecule has 1 aliphatic heterocycles. The number of anilines is 1. The second kappa shape index (κ2) is 5.20. The first-order valence-electron chi connectivity index (χ1n) is 6.35. The summed E-state index contributed by atoms with van der Waals surface area (Å²) in [6.07, 6.45) is 0. The molecule has 2 rings (SSSR count). The van der Waals surface area contributed by atoms with Crippen molar-refractivity contribution in [3.8, 4) is 0 Å². The monoisotopic (exact) mass is 251 g/mol. The molecule has 0 bridgehead atoms. The van der Waals surface area contributed by atoms with Gasteiger partial charge in [0.25, 0.3) is 0 Å². The van der Waals surface area contributed by atoms with Gasteiger partial charge >= 0.3 is 0 Å². The van der Waals surface area contributed by atoms with Crippen molar-refractivity contribution in [2.24, 2.45) is 11.8 Å². The number of hydrogen-bond donors (Lipinski definition) is 2. The number of aliphatic hydroxyl groups excluding tert-OH is 2. The highest BCUT2D eigenvalue weighted by molar-refractivity contribution is 5.49. The number of aromatic nitrogens is 2. The SMILES string of the molecule is Cc1nc(C)c(C)c(N2C[C@@H](CO)[C@H](CO)C2)n1. The van der Waals surface area contributed by atoms with Crippen LogP contribution in [-0.4, -0.2) is 46.5 Å². The molecule has 2 atom stereocenters. The lowest BCUT2D eigenvalue weighted by Gasteiger charge is -2.20. The van der Waals surface area contributed by atoms with Crippen LogP contribution in [0.1, 0.15) is 17.1 Å². The molecule has 0 saturated carbocycles. The van der Waals surface area contributed by atoms with E-state index in [-0.39, 0.29) is 25.0 Å². The van der Waals surface area contributed by atoms with E-state index >= 15 is 0 Å². The Balaban J connectivity index is 2.28. The highest BCUT2D eigenvalue weighted by Gasteiger charge is 2.33. The molecule has 100 valence electrons. The fourth-order valence-corrected chi connectivity index (χ4v) is 2.58. The first-order chi connectivity index (χ1) is 8.56. The number of rotatable bonds is 3. The molecule has 2 N–H and O–H groups in total. The lowest BCUT2D eigenvalue weighted by Crippen LogP contribution is -2.24. The summed E-state index contributed by atoms with van der Waals surface area (Å²) in [4.78, 5) is 11.0.